The summed E-state index contributed by atoms with van der Waals surface area (Å²) in [7, 11) is 0. The van der Waals surface area contributed by atoms with Gasteiger partial charge in [0.15, 0.2) is 11.4 Å². The Bertz CT molecular complexity index is 1340. The number of carbonyl (C=O) groups is 2. The van der Waals surface area contributed by atoms with Crippen molar-refractivity contribution >= 4 is 17.4 Å². The Morgan fingerprint density at radius 1 is 0.909 bits per heavy atom. The normalized spacial score (nSPS) is 17.3. The van der Waals surface area contributed by atoms with E-state index >= 15 is 0 Å². The molecule has 0 aliphatic carbocycles. The molecule has 1 aromatic heterocycles. The molecule has 0 radical (unpaired) electrons. The quantitative estimate of drug-likeness (QED) is 0.442. The van der Waals surface area contributed by atoms with Gasteiger partial charge in [-0.2, -0.15) is 0 Å². The summed E-state index contributed by atoms with van der Waals surface area (Å²) in [6.45, 7) is 2.33. The molecule has 0 saturated heterocycles. The highest BCUT2D eigenvalue weighted by atomic mass is 16.3. The van der Waals surface area contributed by atoms with Crippen LogP contribution in [-0.4, -0.2) is 21.4 Å². The van der Waals surface area contributed by atoms with E-state index in [1.165, 1.54) is 0 Å². The van der Waals surface area contributed by atoms with Crippen LogP contribution in [0.3, 0.4) is 0 Å². The minimum Gasteiger partial charge on any atom is -0.375 e. The van der Waals surface area contributed by atoms with Gasteiger partial charge in [-0.1, -0.05) is 54.6 Å². The van der Waals surface area contributed by atoms with Crippen LogP contribution in [0.4, 0.5) is 5.69 Å². The molecule has 0 bridgehead atoms. The number of rotatable bonds is 6. The zero-order valence-corrected chi connectivity index (χ0v) is 18.3. The van der Waals surface area contributed by atoms with Gasteiger partial charge >= 0.3 is 0 Å². The zero-order chi connectivity index (χ0) is 23.0. The topological polar surface area (TPSA) is 62.5 Å². The molecule has 1 unspecified atom stereocenters. The average Bonchev–Trinajstić information content (AvgIpc) is 3.44. The average molecular weight is 437 g/mol. The summed E-state index contributed by atoms with van der Waals surface area (Å²) >= 11 is 0. The lowest BCUT2D eigenvalue weighted by Crippen LogP contribution is -2.41. The number of hydrogen-bond donors (Lipinski definition) is 1. The smallest absolute Gasteiger partial charge is 0.264 e. The number of para-hydroxylation sites is 1. The first-order chi connectivity index (χ1) is 16.0. The van der Waals surface area contributed by atoms with Crippen molar-refractivity contribution in [2.45, 2.75) is 25.5 Å². The van der Waals surface area contributed by atoms with Gasteiger partial charge in [-0.15, -0.1) is 0 Å². The molecule has 2 heterocycles. The van der Waals surface area contributed by atoms with Gasteiger partial charge in [-0.25, -0.2) is 0 Å². The van der Waals surface area contributed by atoms with Gasteiger partial charge < -0.3 is 14.6 Å². The highest BCUT2D eigenvalue weighted by molar-refractivity contribution is 6.10. The van der Waals surface area contributed by atoms with Crippen molar-refractivity contribution in [1.29, 1.82) is 0 Å². The molecular formula is C28H24N2O3. The number of ketones is 1. The molecule has 3 aromatic carbocycles. The number of Topliss-reactive ketones (excluding diaryl/α,β-unsaturated/α-hetero) is 1. The van der Waals surface area contributed by atoms with Gasteiger partial charge in [-0.05, 0) is 48.4 Å². The second-order valence-electron chi connectivity index (χ2n) is 8.44. The SMILES string of the molecule is Cc1ccccc1CN1C(=O)C(O)(CC(=O)c2cccc(-n3cccc3)c2)c2ccccc21. The fraction of sp³-hybridized carbons (Fsp3) is 0.143. The Morgan fingerprint density at radius 3 is 2.42 bits per heavy atom. The van der Waals surface area contributed by atoms with E-state index in [0.29, 0.717) is 23.4 Å². The molecule has 1 aliphatic rings. The van der Waals surface area contributed by atoms with Crippen molar-refractivity contribution in [1.82, 2.24) is 4.57 Å². The number of benzene rings is 3. The molecule has 4 aromatic rings. The summed E-state index contributed by atoms with van der Waals surface area (Å²) < 4.78 is 1.91. The van der Waals surface area contributed by atoms with Crippen LogP contribution in [0.1, 0.15) is 33.5 Å². The van der Waals surface area contributed by atoms with Gasteiger partial charge in [0.05, 0.1) is 18.7 Å². The molecule has 0 spiro atoms. The number of nitrogens with zero attached hydrogens (tertiary/aromatic N) is 2. The second kappa shape index (κ2) is 8.19. The molecular weight excluding hydrogens is 412 g/mol. The third-order valence-corrected chi connectivity index (χ3v) is 6.32. The lowest BCUT2D eigenvalue weighted by Gasteiger charge is -2.23. The number of aryl methyl sites for hydroxylation is 1. The van der Waals surface area contributed by atoms with Gasteiger partial charge in [0.2, 0.25) is 0 Å². The van der Waals surface area contributed by atoms with Crippen LogP contribution in [0.15, 0.2) is 97.3 Å². The van der Waals surface area contributed by atoms with Crippen LogP contribution < -0.4 is 4.90 Å². The van der Waals surface area contributed by atoms with E-state index in [1.807, 2.05) is 84.5 Å². The Kier molecular flexibility index (Phi) is 5.19. The first kappa shape index (κ1) is 20.9. The zero-order valence-electron chi connectivity index (χ0n) is 18.3. The molecule has 5 nitrogen and oxygen atoms in total. The van der Waals surface area contributed by atoms with Crippen LogP contribution in [0.2, 0.25) is 0 Å². The monoisotopic (exact) mass is 436 g/mol. The van der Waals surface area contributed by atoms with Gasteiger partial charge in [0, 0.05) is 29.2 Å². The lowest BCUT2D eigenvalue weighted by molar-refractivity contribution is -0.136. The molecule has 0 saturated carbocycles. The second-order valence-corrected chi connectivity index (χ2v) is 8.44. The van der Waals surface area contributed by atoms with Gasteiger partial charge in [0.1, 0.15) is 0 Å². The molecule has 5 heteroatoms. The van der Waals surface area contributed by atoms with E-state index in [2.05, 4.69) is 0 Å². The number of amides is 1. The highest BCUT2D eigenvalue weighted by Gasteiger charge is 2.50. The van der Waals surface area contributed by atoms with E-state index in [-0.39, 0.29) is 12.2 Å². The van der Waals surface area contributed by atoms with Crippen LogP contribution in [0.5, 0.6) is 0 Å². The standard InChI is InChI=1S/C28H24N2O3/c1-20-9-2-3-10-22(20)19-30-25-14-5-4-13-24(25)28(33,27(30)32)18-26(31)21-11-8-12-23(17-21)29-15-6-7-16-29/h2-17,33H,18-19H2,1H3. The van der Waals surface area contributed by atoms with E-state index in [9.17, 15) is 14.7 Å². The van der Waals surface area contributed by atoms with E-state index in [0.717, 1.165) is 16.8 Å². The fourth-order valence-electron chi connectivity index (χ4n) is 4.47. The van der Waals surface area contributed by atoms with Crippen LogP contribution in [-0.2, 0) is 16.9 Å². The molecule has 1 aliphatic heterocycles. The van der Waals surface area contributed by atoms with E-state index in [1.54, 1.807) is 29.2 Å². The Hall–Kier alpha value is -3.96. The Labute approximate surface area is 192 Å². The number of carbonyl (C=O) groups excluding carboxylic acids is 2. The molecule has 1 N–H and O–H groups in total. The van der Waals surface area contributed by atoms with Crippen LogP contribution in [0, 0.1) is 6.92 Å². The summed E-state index contributed by atoms with van der Waals surface area (Å²) in [5.74, 6) is -0.755. The Balaban J connectivity index is 1.47. The number of aromatic nitrogens is 1. The molecule has 33 heavy (non-hydrogen) atoms. The molecule has 164 valence electrons. The maximum Gasteiger partial charge on any atom is 0.264 e. The van der Waals surface area contributed by atoms with Gasteiger partial charge in [-0.3, -0.25) is 9.59 Å². The first-order valence-electron chi connectivity index (χ1n) is 10.9. The largest absolute Gasteiger partial charge is 0.375 e. The van der Waals surface area contributed by atoms with Gasteiger partial charge in [0.25, 0.3) is 5.91 Å². The van der Waals surface area contributed by atoms with Crippen molar-refractivity contribution in [3.8, 4) is 5.69 Å². The maximum atomic E-state index is 13.5. The third kappa shape index (κ3) is 3.66. The van der Waals surface area contributed by atoms with Crippen molar-refractivity contribution in [2.75, 3.05) is 4.90 Å². The van der Waals surface area contributed by atoms with E-state index < -0.39 is 11.5 Å². The summed E-state index contributed by atoms with van der Waals surface area (Å²) in [6, 6.07) is 26.1. The maximum absolute atomic E-state index is 13.5. The minimum absolute atomic E-state index is 0.285. The summed E-state index contributed by atoms with van der Waals surface area (Å²) in [5.41, 5.74) is 2.57. The van der Waals surface area contributed by atoms with Crippen molar-refractivity contribution in [3.05, 3.63) is 120 Å². The number of anilines is 1. The molecule has 5 rings (SSSR count). The predicted octanol–water partition coefficient (Wildman–Crippen LogP) is 4.79. The van der Waals surface area contributed by atoms with Crippen LogP contribution >= 0.6 is 0 Å². The minimum atomic E-state index is -1.90. The Morgan fingerprint density at radius 2 is 1.64 bits per heavy atom. The molecule has 1 amide bonds. The summed E-state index contributed by atoms with van der Waals surface area (Å²) in [6.07, 6.45) is 3.48. The predicted molar refractivity (Wildman–Crippen MR) is 127 cm³/mol. The highest BCUT2D eigenvalue weighted by Crippen LogP contribution is 2.43. The third-order valence-electron chi connectivity index (χ3n) is 6.32. The van der Waals surface area contributed by atoms with Crippen molar-refractivity contribution in [3.63, 3.8) is 0 Å². The molecule has 1 atom stereocenters. The number of aliphatic hydroxyl groups is 1. The van der Waals surface area contributed by atoms with Crippen LogP contribution in [0.25, 0.3) is 5.69 Å². The fourth-order valence-corrected chi connectivity index (χ4v) is 4.47. The van der Waals surface area contributed by atoms with E-state index in [4.69, 9.17) is 0 Å². The van der Waals surface area contributed by atoms with Crippen molar-refractivity contribution in [2.24, 2.45) is 0 Å². The number of fused-ring (bicyclic) bond motifs is 1. The molecule has 0 fully saturated rings. The number of hydrogen-bond acceptors (Lipinski definition) is 3. The lowest BCUT2D eigenvalue weighted by atomic mass is 9.88. The summed E-state index contributed by atoms with van der Waals surface area (Å²) in [4.78, 5) is 28.4. The van der Waals surface area contributed by atoms with Crippen molar-refractivity contribution < 1.29 is 14.7 Å². The summed E-state index contributed by atoms with van der Waals surface area (Å²) in [5, 5.41) is 11.6. The first-order valence-corrected chi connectivity index (χ1v) is 10.9.